The van der Waals surface area contributed by atoms with E-state index in [-0.39, 0.29) is 29.9 Å². The number of nitrogens with one attached hydrogen (secondary N) is 2. The zero-order valence-corrected chi connectivity index (χ0v) is 28.3. The van der Waals surface area contributed by atoms with E-state index in [0.29, 0.717) is 18.8 Å². The monoisotopic (exact) mass is 664 g/mol. The minimum Gasteiger partial charge on any atom is -0.497 e. The van der Waals surface area contributed by atoms with Crippen molar-refractivity contribution in [3.8, 4) is 11.5 Å². The zero-order chi connectivity index (χ0) is 34.7. The molecule has 2 aromatic rings. The Bertz CT molecular complexity index is 1450. The summed E-state index contributed by atoms with van der Waals surface area (Å²) in [6.07, 6.45) is -0.701. The van der Waals surface area contributed by atoms with E-state index < -0.39 is 27.3 Å². The van der Waals surface area contributed by atoms with E-state index in [1.165, 1.54) is 24.1 Å². The first-order valence-electron chi connectivity index (χ1n) is 14.2. The number of hydrogen-bond acceptors (Lipinski definition) is 12. The van der Waals surface area contributed by atoms with Gasteiger partial charge in [-0.2, -0.15) is 9.93 Å². The van der Waals surface area contributed by atoms with E-state index in [4.69, 9.17) is 24.8 Å². The molecular weight excluding hydrogens is 620 g/mol. The van der Waals surface area contributed by atoms with Crippen LogP contribution in [0.4, 0.5) is 15.3 Å². The molecule has 0 aromatic heterocycles. The number of sulfonamides is 1. The van der Waals surface area contributed by atoms with Crippen molar-refractivity contribution in [3.63, 3.8) is 0 Å². The summed E-state index contributed by atoms with van der Waals surface area (Å²) in [6.45, 7) is 12.4. The number of carbonyl (C=O) groups excluding carboxylic acids is 3. The summed E-state index contributed by atoms with van der Waals surface area (Å²) in [5.74, 6) is 6.32. The second-order valence-corrected chi connectivity index (χ2v) is 13.7. The molecule has 0 bridgehead atoms. The van der Waals surface area contributed by atoms with Crippen molar-refractivity contribution in [3.05, 3.63) is 48.5 Å². The SMILES string of the molecule is CC(C)(C)OC(=O)N1CC(=O)C1.COc1ccc(NN=C2CN(C(=O)OC(C)(C)C)C2)cc1.COc1ccc(S(=O)(=O)NN)cc1. The number of nitrogens with zero attached hydrogens (tertiary/aromatic N) is 3. The molecule has 2 aromatic carbocycles. The number of benzene rings is 2. The van der Waals surface area contributed by atoms with Crippen LogP contribution in [-0.2, 0) is 24.3 Å². The van der Waals surface area contributed by atoms with Crippen LogP contribution in [-0.4, -0.2) is 93.5 Å². The van der Waals surface area contributed by atoms with Gasteiger partial charge in [-0.1, -0.05) is 0 Å². The third kappa shape index (κ3) is 12.9. The highest BCUT2D eigenvalue weighted by Gasteiger charge is 2.32. The predicted octanol–water partition coefficient (Wildman–Crippen LogP) is 3.37. The van der Waals surface area contributed by atoms with Gasteiger partial charge in [0, 0.05) is 0 Å². The molecule has 2 amide bonds. The van der Waals surface area contributed by atoms with Crippen LogP contribution in [0.2, 0.25) is 0 Å². The van der Waals surface area contributed by atoms with E-state index in [1.807, 2.05) is 45.0 Å². The van der Waals surface area contributed by atoms with Crippen LogP contribution in [0.5, 0.6) is 11.5 Å². The fraction of sp³-hybridized carbons (Fsp3) is 0.467. The highest BCUT2D eigenvalue weighted by molar-refractivity contribution is 7.89. The molecule has 2 heterocycles. The summed E-state index contributed by atoms with van der Waals surface area (Å²) in [7, 11) is -0.419. The van der Waals surface area contributed by atoms with Crippen molar-refractivity contribution >= 4 is 39.4 Å². The van der Waals surface area contributed by atoms with E-state index in [9.17, 15) is 22.8 Å². The van der Waals surface area contributed by atoms with Crippen molar-refractivity contribution < 1.29 is 41.7 Å². The summed E-state index contributed by atoms with van der Waals surface area (Å²) >= 11 is 0. The maximum absolute atomic E-state index is 11.7. The molecule has 2 aliphatic rings. The highest BCUT2D eigenvalue weighted by atomic mass is 32.2. The molecule has 4 N–H and O–H groups in total. The maximum Gasteiger partial charge on any atom is 0.411 e. The lowest BCUT2D eigenvalue weighted by Gasteiger charge is -2.34. The first kappa shape index (κ1) is 37.8. The molecule has 0 spiro atoms. The number of hydrogen-bond donors (Lipinski definition) is 3. The van der Waals surface area contributed by atoms with E-state index in [2.05, 4.69) is 10.5 Å². The van der Waals surface area contributed by atoms with Crippen LogP contribution in [0.25, 0.3) is 0 Å². The predicted molar refractivity (Wildman–Crippen MR) is 172 cm³/mol. The summed E-state index contributed by atoms with van der Waals surface area (Å²) in [6, 6.07) is 13.4. The van der Waals surface area contributed by atoms with Gasteiger partial charge in [0.25, 0.3) is 10.0 Å². The molecule has 0 radical (unpaired) electrons. The third-order valence-corrected chi connectivity index (χ3v) is 6.95. The van der Waals surface area contributed by atoms with Crippen molar-refractivity contribution in [1.82, 2.24) is 14.6 Å². The fourth-order valence-corrected chi connectivity index (χ4v) is 4.02. The van der Waals surface area contributed by atoms with Crippen LogP contribution >= 0.6 is 0 Å². The molecule has 0 saturated carbocycles. The van der Waals surface area contributed by atoms with Crippen molar-refractivity contribution in [1.29, 1.82) is 0 Å². The Balaban J connectivity index is 0.000000255. The quantitative estimate of drug-likeness (QED) is 0.303. The van der Waals surface area contributed by atoms with Crippen molar-refractivity contribution in [2.24, 2.45) is 10.9 Å². The van der Waals surface area contributed by atoms with Gasteiger partial charge in [0.15, 0.2) is 5.78 Å². The molecule has 15 nitrogen and oxygen atoms in total. The number of anilines is 1. The fourth-order valence-electron chi connectivity index (χ4n) is 3.39. The van der Waals surface area contributed by atoms with Gasteiger partial charge in [0.05, 0.1) is 56.7 Å². The van der Waals surface area contributed by atoms with Crippen LogP contribution in [0.15, 0.2) is 58.5 Å². The average molecular weight is 665 g/mol. The third-order valence-electron chi connectivity index (χ3n) is 5.74. The van der Waals surface area contributed by atoms with Crippen LogP contribution < -0.4 is 25.6 Å². The Kier molecular flexibility index (Phi) is 13.3. The van der Waals surface area contributed by atoms with E-state index in [1.54, 1.807) is 49.7 Å². The minimum absolute atomic E-state index is 0.0841. The van der Waals surface area contributed by atoms with Crippen LogP contribution in [0, 0.1) is 0 Å². The molecule has 0 atom stereocenters. The Hall–Kier alpha value is -4.41. The summed E-state index contributed by atoms with van der Waals surface area (Å²) < 4.78 is 42.5. The lowest BCUT2D eigenvalue weighted by atomic mass is 10.2. The lowest BCUT2D eigenvalue weighted by Crippen LogP contribution is -2.52. The zero-order valence-electron chi connectivity index (χ0n) is 27.4. The molecular formula is C30H44N6O9S. The van der Waals surface area contributed by atoms with Crippen molar-refractivity contribution in [2.45, 2.75) is 57.6 Å². The van der Waals surface area contributed by atoms with Gasteiger partial charge in [-0.25, -0.2) is 18.0 Å². The average Bonchev–Trinajstić information content (AvgIpc) is 2.94. The van der Waals surface area contributed by atoms with Gasteiger partial charge in [-0.3, -0.25) is 25.9 Å². The van der Waals surface area contributed by atoms with Crippen LogP contribution in [0.1, 0.15) is 41.5 Å². The molecule has 0 unspecified atom stereocenters. The normalized spacial score (nSPS) is 14.2. The number of methoxy groups -OCH3 is 2. The molecule has 254 valence electrons. The van der Waals surface area contributed by atoms with Gasteiger partial charge in [0.1, 0.15) is 22.7 Å². The molecule has 2 fully saturated rings. The number of nitrogens with two attached hydrogens (primary N) is 1. The highest BCUT2D eigenvalue weighted by Crippen LogP contribution is 2.17. The van der Waals surface area contributed by atoms with Gasteiger partial charge in [-0.15, -0.1) is 0 Å². The number of Topliss-reactive ketones (excluding diaryl/α,β-unsaturated/α-hetero) is 1. The lowest BCUT2D eigenvalue weighted by molar-refractivity contribution is -0.128. The number of ketones is 1. The molecule has 4 rings (SSSR count). The second-order valence-electron chi connectivity index (χ2n) is 12.0. The number of amides is 2. The van der Waals surface area contributed by atoms with Crippen molar-refractivity contribution in [2.75, 3.05) is 45.8 Å². The largest absolute Gasteiger partial charge is 0.497 e. The van der Waals surface area contributed by atoms with E-state index >= 15 is 0 Å². The van der Waals surface area contributed by atoms with Crippen LogP contribution in [0.3, 0.4) is 0 Å². The Morgan fingerprint density at radius 3 is 1.54 bits per heavy atom. The number of likely N-dealkylation sites (tertiary alicyclic amines) is 2. The summed E-state index contributed by atoms with van der Waals surface area (Å²) in [5, 5.41) is 4.26. The summed E-state index contributed by atoms with van der Waals surface area (Å²) in [5.41, 5.74) is 3.80. The molecule has 16 heteroatoms. The Labute approximate surface area is 270 Å². The number of rotatable bonds is 6. The van der Waals surface area contributed by atoms with Gasteiger partial charge >= 0.3 is 12.2 Å². The Morgan fingerprint density at radius 1 is 0.761 bits per heavy atom. The smallest absolute Gasteiger partial charge is 0.411 e. The number of hydrazine groups is 1. The van der Waals surface area contributed by atoms with Gasteiger partial charge in [-0.05, 0) is 90.1 Å². The van der Waals surface area contributed by atoms with Gasteiger partial charge < -0.3 is 18.9 Å². The Morgan fingerprint density at radius 2 is 1.17 bits per heavy atom. The minimum atomic E-state index is -3.55. The first-order chi connectivity index (χ1) is 21.4. The summed E-state index contributed by atoms with van der Waals surface area (Å²) in [4.78, 5) is 38.2. The molecule has 0 aliphatic carbocycles. The number of carbonyl (C=O) groups is 3. The second kappa shape index (κ2) is 16.2. The standard InChI is InChI=1S/C15H21N3O3.C8H13NO3.C7H10N2O3S/c1-15(2,3)21-14(19)18-9-12(10-18)17-16-11-5-7-13(20-4)8-6-11;1-8(2,3)12-7(11)9-4-6(10)5-9;1-12-6-2-4-7(5-3-6)13(10,11)9-8/h5-8,16H,9-10H2,1-4H3;4-5H2,1-3H3;2-5,9H,8H2,1H3. The molecule has 2 aliphatic heterocycles. The number of hydrazone groups is 1. The van der Waals surface area contributed by atoms with E-state index in [0.717, 1.165) is 17.1 Å². The molecule has 2 saturated heterocycles. The number of ether oxygens (including phenoxy) is 4. The first-order valence-corrected chi connectivity index (χ1v) is 15.6. The van der Waals surface area contributed by atoms with Gasteiger partial charge in [0.2, 0.25) is 0 Å². The molecule has 46 heavy (non-hydrogen) atoms. The maximum atomic E-state index is 11.7. The topological polar surface area (TPSA) is 191 Å².